The first-order valence-corrected chi connectivity index (χ1v) is 8.08. The van der Waals surface area contributed by atoms with Crippen LogP contribution in [0.5, 0.6) is 0 Å². The average Bonchev–Trinajstić information content (AvgIpc) is 3.20. The van der Waals surface area contributed by atoms with Crippen molar-refractivity contribution in [1.29, 1.82) is 0 Å². The Bertz CT molecular complexity index is 835. The van der Waals surface area contributed by atoms with Crippen molar-refractivity contribution in [1.82, 2.24) is 14.6 Å². The molecule has 4 atom stereocenters. The second-order valence-corrected chi connectivity index (χ2v) is 6.70. The number of aliphatic hydroxyl groups is 1. The molecule has 2 aliphatic heterocycles. The predicted molar refractivity (Wildman–Crippen MR) is 89.3 cm³/mol. The van der Waals surface area contributed by atoms with Crippen LogP contribution in [0.2, 0.25) is 0 Å². The van der Waals surface area contributed by atoms with E-state index >= 15 is 0 Å². The van der Waals surface area contributed by atoms with E-state index in [4.69, 9.17) is 19.9 Å². The molecule has 0 radical (unpaired) electrons. The Morgan fingerprint density at radius 1 is 1.36 bits per heavy atom. The molecule has 3 N–H and O–H groups in total. The molecule has 25 heavy (non-hydrogen) atoms. The molecule has 2 aliphatic rings. The minimum absolute atomic E-state index is 0.194. The van der Waals surface area contributed by atoms with Crippen LogP contribution in [0.25, 0.3) is 5.52 Å². The summed E-state index contributed by atoms with van der Waals surface area (Å²) < 4.78 is 20.0. The fourth-order valence-electron chi connectivity index (χ4n) is 3.73. The third kappa shape index (κ3) is 2.27. The van der Waals surface area contributed by atoms with E-state index in [1.54, 1.807) is 17.8 Å². The maximum atomic E-state index is 9.78. The average molecular weight is 347 g/mol. The fourth-order valence-corrected chi connectivity index (χ4v) is 3.73. The highest BCUT2D eigenvalue weighted by atomic mass is 16.8. The highest BCUT2D eigenvalue weighted by molar-refractivity contribution is 5.75. The molecule has 0 aliphatic carbocycles. The van der Waals surface area contributed by atoms with Crippen molar-refractivity contribution in [2.45, 2.75) is 43.5 Å². The van der Waals surface area contributed by atoms with Gasteiger partial charge in [0, 0.05) is 13.3 Å². The molecular formula is C16H21N5O4. The van der Waals surface area contributed by atoms with Crippen molar-refractivity contribution in [2.75, 3.05) is 19.4 Å². The number of ether oxygens (including phenoxy) is 3. The van der Waals surface area contributed by atoms with Gasteiger partial charge in [-0.2, -0.15) is 5.10 Å². The minimum Gasteiger partial charge on any atom is -0.394 e. The Morgan fingerprint density at radius 2 is 2.16 bits per heavy atom. The summed E-state index contributed by atoms with van der Waals surface area (Å²) in [5, 5.41) is 14.1. The molecule has 2 fully saturated rings. The molecule has 4 rings (SSSR count). The van der Waals surface area contributed by atoms with E-state index in [-0.39, 0.29) is 6.61 Å². The van der Waals surface area contributed by atoms with Crippen LogP contribution in [0.15, 0.2) is 23.5 Å². The lowest BCUT2D eigenvalue weighted by Crippen LogP contribution is -2.43. The van der Waals surface area contributed by atoms with Crippen LogP contribution in [-0.4, -0.2) is 63.7 Å². The zero-order chi connectivity index (χ0) is 17.8. The van der Waals surface area contributed by atoms with Crippen molar-refractivity contribution in [3.05, 3.63) is 24.2 Å². The maximum absolute atomic E-state index is 9.78. The van der Waals surface area contributed by atoms with Crippen molar-refractivity contribution in [3.63, 3.8) is 0 Å². The molecule has 9 heteroatoms. The molecule has 134 valence electrons. The molecule has 2 unspecified atom stereocenters. The summed E-state index contributed by atoms with van der Waals surface area (Å²) in [5.74, 6) is -0.428. The van der Waals surface area contributed by atoms with Crippen molar-refractivity contribution >= 4 is 17.5 Å². The molecule has 0 spiro atoms. The normalized spacial score (nSPS) is 34.2. The summed E-state index contributed by atoms with van der Waals surface area (Å²) in [7, 11) is 1.66. The first-order valence-electron chi connectivity index (χ1n) is 8.08. The summed E-state index contributed by atoms with van der Waals surface area (Å²) in [4.78, 5) is 8.21. The predicted octanol–water partition coefficient (Wildman–Crippen LogP) is 0.119. The number of aliphatic imine (C=N–C) groups is 1. The zero-order valence-electron chi connectivity index (χ0n) is 14.3. The lowest BCUT2D eigenvalue weighted by molar-refractivity contribution is -0.201. The number of nitrogens with two attached hydrogens (primary N) is 1. The molecule has 0 bridgehead atoms. The van der Waals surface area contributed by atoms with Gasteiger partial charge < -0.3 is 25.1 Å². The number of rotatable bonds is 3. The Kier molecular flexibility index (Phi) is 3.58. The van der Waals surface area contributed by atoms with Gasteiger partial charge in [-0.25, -0.2) is 9.50 Å². The third-order valence-electron chi connectivity index (χ3n) is 4.65. The standard InChI is InChI=1S/C16H21N5O4/c1-15(2)24-12-10(6-22)23-16(7-18-3,13(12)25-15)11-5-4-9-14(17)19-8-20-21(9)11/h4-5,7-8,10,12-13,22H,6H2,1-3H3,(H2,17,19,20)/b18-7-/t10-,12?,13?,16+/m1/s1. The topological polar surface area (TPSA) is 116 Å². The van der Waals surface area contributed by atoms with E-state index in [9.17, 15) is 5.11 Å². The van der Waals surface area contributed by atoms with E-state index in [1.807, 2.05) is 26.0 Å². The van der Waals surface area contributed by atoms with Crippen LogP contribution in [0.3, 0.4) is 0 Å². The first-order chi connectivity index (χ1) is 11.9. The summed E-state index contributed by atoms with van der Waals surface area (Å²) in [5.41, 5.74) is 6.23. The lowest BCUT2D eigenvalue weighted by atomic mass is 9.92. The SMILES string of the molecule is C/N=C\[C@@]1(c2ccc3c(N)ncnn23)O[C@H](CO)C2OC(C)(C)OC21. The summed E-state index contributed by atoms with van der Waals surface area (Å²) in [6, 6.07) is 3.68. The summed E-state index contributed by atoms with van der Waals surface area (Å²) >= 11 is 0. The molecule has 4 heterocycles. The van der Waals surface area contributed by atoms with Crippen molar-refractivity contribution in [2.24, 2.45) is 4.99 Å². The van der Waals surface area contributed by atoms with Gasteiger partial charge in [0.15, 0.2) is 17.2 Å². The smallest absolute Gasteiger partial charge is 0.174 e. The van der Waals surface area contributed by atoms with Crippen LogP contribution in [0.1, 0.15) is 19.5 Å². The molecule has 2 saturated heterocycles. The maximum Gasteiger partial charge on any atom is 0.174 e. The van der Waals surface area contributed by atoms with E-state index < -0.39 is 29.7 Å². The Morgan fingerprint density at radius 3 is 2.88 bits per heavy atom. The minimum atomic E-state index is -1.06. The van der Waals surface area contributed by atoms with E-state index in [2.05, 4.69) is 15.1 Å². The number of hydrogen-bond donors (Lipinski definition) is 2. The number of nitrogen functional groups attached to an aromatic ring is 1. The Hall–Kier alpha value is -2.07. The summed E-state index contributed by atoms with van der Waals surface area (Å²) in [6.07, 6.45) is 1.59. The Balaban J connectivity index is 1.92. The number of fused-ring (bicyclic) bond motifs is 2. The van der Waals surface area contributed by atoms with E-state index in [1.165, 1.54) is 6.33 Å². The van der Waals surface area contributed by atoms with E-state index in [0.29, 0.717) is 17.0 Å². The van der Waals surface area contributed by atoms with Gasteiger partial charge in [0.25, 0.3) is 0 Å². The van der Waals surface area contributed by atoms with Gasteiger partial charge in [0.1, 0.15) is 30.2 Å². The molecule has 2 aromatic rings. The first kappa shape index (κ1) is 16.4. The number of anilines is 1. The largest absolute Gasteiger partial charge is 0.394 e. The monoisotopic (exact) mass is 347 g/mol. The van der Waals surface area contributed by atoms with Crippen molar-refractivity contribution < 1.29 is 19.3 Å². The van der Waals surface area contributed by atoms with Crippen LogP contribution in [0.4, 0.5) is 5.82 Å². The molecule has 0 aromatic carbocycles. The van der Waals surface area contributed by atoms with Gasteiger partial charge in [-0.15, -0.1) is 0 Å². The number of nitrogens with zero attached hydrogens (tertiary/aromatic N) is 4. The third-order valence-corrected chi connectivity index (χ3v) is 4.65. The van der Waals surface area contributed by atoms with Gasteiger partial charge in [-0.1, -0.05) is 0 Å². The van der Waals surface area contributed by atoms with Gasteiger partial charge in [-0.3, -0.25) is 4.99 Å². The second-order valence-electron chi connectivity index (χ2n) is 6.70. The van der Waals surface area contributed by atoms with Gasteiger partial charge in [-0.05, 0) is 26.0 Å². The summed E-state index contributed by atoms with van der Waals surface area (Å²) in [6.45, 7) is 3.48. The highest BCUT2D eigenvalue weighted by Crippen LogP contribution is 2.48. The van der Waals surface area contributed by atoms with Crippen molar-refractivity contribution in [3.8, 4) is 0 Å². The molecule has 0 saturated carbocycles. The number of aliphatic hydroxyl groups excluding tert-OH is 1. The highest BCUT2D eigenvalue weighted by Gasteiger charge is 2.63. The van der Waals surface area contributed by atoms with E-state index in [0.717, 1.165) is 0 Å². The fraction of sp³-hybridized carbons (Fsp3) is 0.562. The quantitative estimate of drug-likeness (QED) is 0.757. The van der Waals surface area contributed by atoms with Crippen LogP contribution < -0.4 is 5.73 Å². The Labute approximate surface area is 144 Å². The van der Waals surface area contributed by atoms with Gasteiger partial charge in [0.05, 0.1) is 12.3 Å². The van der Waals surface area contributed by atoms with Crippen LogP contribution in [-0.2, 0) is 19.8 Å². The van der Waals surface area contributed by atoms with Gasteiger partial charge >= 0.3 is 0 Å². The number of aromatic nitrogens is 3. The molecular weight excluding hydrogens is 326 g/mol. The second kappa shape index (κ2) is 5.46. The van der Waals surface area contributed by atoms with Crippen LogP contribution >= 0.6 is 0 Å². The number of hydrogen-bond acceptors (Lipinski definition) is 8. The lowest BCUT2D eigenvalue weighted by Gasteiger charge is -2.31. The molecule has 0 amide bonds. The van der Waals surface area contributed by atoms with Crippen LogP contribution in [0, 0.1) is 0 Å². The molecule has 9 nitrogen and oxygen atoms in total. The molecule has 2 aromatic heterocycles. The van der Waals surface area contributed by atoms with Gasteiger partial charge in [0.2, 0.25) is 0 Å². The zero-order valence-corrected chi connectivity index (χ0v) is 14.3.